The average Bonchev–Trinajstić information content (AvgIpc) is 2.54. The maximum absolute atomic E-state index is 11.7. The first-order valence-corrected chi connectivity index (χ1v) is 5.19. The van der Waals surface area contributed by atoms with Crippen molar-refractivity contribution in [3.63, 3.8) is 0 Å². The van der Waals surface area contributed by atoms with Gasteiger partial charge in [0.15, 0.2) is 0 Å². The predicted octanol–water partition coefficient (Wildman–Crippen LogP) is 1.19. The molecule has 3 nitrogen and oxygen atoms in total. The van der Waals surface area contributed by atoms with Crippen LogP contribution >= 0.6 is 12.9 Å². The molecule has 2 rings (SSSR count). The van der Waals surface area contributed by atoms with Gasteiger partial charge in [0, 0.05) is 18.9 Å². The molecule has 0 aliphatic carbocycles. The zero-order chi connectivity index (χ0) is 11.7. The summed E-state index contributed by atoms with van der Waals surface area (Å²) < 4.78 is 4.88. The predicted molar refractivity (Wildman–Crippen MR) is 65.9 cm³/mol. The van der Waals surface area contributed by atoms with Crippen LogP contribution in [0.4, 0.5) is 0 Å². The van der Waals surface area contributed by atoms with Crippen LogP contribution in [0.5, 0.6) is 0 Å². The van der Waals surface area contributed by atoms with Crippen molar-refractivity contribution in [2.75, 3.05) is 0 Å². The Bertz CT molecular complexity index is 473. The van der Waals surface area contributed by atoms with Gasteiger partial charge in [0.2, 0.25) is 0 Å². The van der Waals surface area contributed by atoms with Crippen molar-refractivity contribution in [1.82, 2.24) is 5.32 Å². The molecule has 80 valence electrons. The molecular weight excluding hydrogens is 221 g/mol. The highest BCUT2D eigenvalue weighted by molar-refractivity contribution is 7.75. The summed E-state index contributed by atoms with van der Waals surface area (Å²) in [6, 6.07) is 7.56. The molecular formula is C11H10BNO2S. The summed E-state index contributed by atoms with van der Waals surface area (Å²) in [6.07, 6.45) is 0. The van der Waals surface area contributed by atoms with E-state index < -0.39 is 5.94 Å². The van der Waals surface area contributed by atoms with Crippen molar-refractivity contribution < 1.29 is 8.98 Å². The number of hydrogen-bond donors (Lipinski definition) is 2. The fourth-order valence-electron chi connectivity index (χ4n) is 1.76. The molecule has 0 saturated heterocycles. The van der Waals surface area contributed by atoms with Crippen LogP contribution in [0.15, 0.2) is 30.0 Å². The van der Waals surface area contributed by atoms with E-state index in [0.717, 1.165) is 11.1 Å². The fraction of sp³-hybridized carbons (Fsp3) is 0.182. The number of rotatable bonds is 2. The van der Waals surface area contributed by atoms with Crippen molar-refractivity contribution in [2.45, 2.75) is 12.9 Å². The molecule has 1 aromatic rings. The van der Waals surface area contributed by atoms with Crippen LogP contribution in [-0.2, 0) is 8.98 Å². The molecule has 0 aromatic heterocycles. The summed E-state index contributed by atoms with van der Waals surface area (Å²) in [7, 11) is 5.69. The van der Waals surface area contributed by atoms with Crippen molar-refractivity contribution in [2.24, 2.45) is 0 Å². The first-order chi connectivity index (χ1) is 7.65. The molecule has 5 heteroatoms. The van der Waals surface area contributed by atoms with Gasteiger partial charge in [0.05, 0.1) is 5.57 Å². The van der Waals surface area contributed by atoms with E-state index in [0.29, 0.717) is 11.3 Å². The second-order valence-electron chi connectivity index (χ2n) is 3.60. The van der Waals surface area contributed by atoms with E-state index in [2.05, 4.69) is 18.2 Å². The topological polar surface area (TPSA) is 38.3 Å². The number of nitrogens with one attached hydrogen (secondary N) is 1. The van der Waals surface area contributed by atoms with Crippen LogP contribution in [0.1, 0.15) is 11.1 Å². The number of carbonyl (C=O) groups excluding carboxylic acids is 1. The van der Waals surface area contributed by atoms with Gasteiger partial charge in [-0.2, -0.15) is 0 Å². The summed E-state index contributed by atoms with van der Waals surface area (Å²) >= 11 is 3.73. The maximum Gasteiger partial charge on any atom is 0.255 e. The van der Waals surface area contributed by atoms with Crippen molar-refractivity contribution in [3.8, 4) is 0 Å². The minimum atomic E-state index is -0.625. The maximum atomic E-state index is 11.7. The van der Waals surface area contributed by atoms with E-state index in [4.69, 9.17) is 12.0 Å². The van der Waals surface area contributed by atoms with E-state index in [9.17, 15) is 4.79 Å². The van der Waals surface area contributed by atoms with Crippen LogP contribution in [0, 0.1) is 6.92 Å². The number of carbonyl (C=O) groups is 1. The lowest BCUT2D eigenvalue weighted by molar-refractivity contribution is -0.115. The molecule has 1 aliphatic rings. The molecule has 1 aliphatic heterocycles. The lowest BCUT2D eigenvalue weighted by Crippen LogP contribution is -2.28. The van der Waals surface area contributed by atoms with Gasteiger partial charge in [-0.25, -0.2) is 0 Å². The monoisotopic (exact) mass is 231 g/mol. The molecule has 1 aromatic carbocycles. The molecule has 0 fully saturated rings. The molecule has 1 amide bonds. The van der Waals surface area contributed by atoms with Gasteiger partial charge in [-0.15, -0.1) is 0 Å². The quantitative estimate of drug-likeness (QED) is 0.456. The zero-order valence-electron chi connectivity index (χ0n) is 8.73. The lowest BCUT2D eigenvalue weighted by Gasteiger charge is -2.08. The van der Waals surface area contributed by atoms with E-state index in [-0.39, 0.29) is 5.91 Å². The lowest BCUT2D eigenvalue weighted by atomic mass is 9.93. The van der Waals surface area contributed by atoms with Crippen LogP contribution in [0.25, 0.3) is 5.57 Å². The van der Waals surface area contributed by atoms with E-state index >= 15 is 0 Å². The van der Waals surface area contributed by atoms with Crippen molar-refractivity contribution in [3.05, 3.63) is 41.2 Å². The molecule has 1 atom stereocenters. The van der Waals surface area contributed by atoms with Crippen molar-refractivity contribution >= 4 is 32.2 Å². The summed E-state index contributed by atoms with van der Waals surface area (Å²) in [6.45, 7) is 1.93. The standard InChI is InChI=1S/C11H10BNO2S/c1-6-4-2-3-5-7(6)8-9(15-16)10(12)13-11(8)14/h2-5,10,16H,1H3,(H,13,14). The summed E-state index contributed by atoms with van der Waals surface area (Å²) in [5.41, 5.74) is 2.27. The normalized spacial score (nSPS) is 19.9. The van der Waals surface area contributed by atoms with Gasteiger partial charge in [-0.05, 0) is 18.1 Å². The third-order valence-corrected chi connectivity index (χ3v) is 2.75. The van der Waals surface area contributed by atoms with Crippen LogP contribution in [0.3, 0.4) is 0 Å². The molecule has 1 unspecified atom stereocenters. The second-order valence-corrected chi connectivity index (χ2v) is 3.78. The van der Waals surface area contributed by atoms with E-state index in [1.54, 1.807) is 0 Å². The summed E-state index contributed by atoms with van der Waals surface area (Å²) in [5, 5.41) is 2.58. The van der Waals surface area contributed by atoms with Gasteiger partial charge in [0.1, 0.15) is 13.6 Å². The Labute approximate surface area is 101 Å². The van der Waals surface area contributed by atoms with Crippen molar-refractivity contribution in [1.29, 1.82) is 0 Å². The molecule has 16 heavy (non-hydrogen) atoms. The van der Waals surface area contributed by atoms with Crippen LogP contribution < -0.4 is 5.32 Å². The summed E-state index contributed by atoms with van der Waals surface area (Å²) in [5.74, 6) is -0.493. The van der Waals surface area contributed by atoms with Gasteiger partial charge in [-0.1, -0.05) is 24.3 Å². The Morgan fingerprint density at radius 2 is 2.12 bits per heavy atom. The number of aryl methyl sites for hydroxylation is 1. The van der Waals surface area contributed by atoms with Gasteiger partial charge < -0.3 is 9.50 Å². The highest BCUT2D eigenvalue weighted by atomic mass is 32.1. The second kappa shape index (κ2) is 4.25. The van der Waals surface area contributed by atoms with Gasteiger partial charge >= 0.3 is 0 Å². The zero-order valence-corrected chi connectivity index (χ0v) is 9.62. The SMILES string of the molecule is [B]C1NC(=O)C(c2ccccc2C)=C1OS. The molecule has 0 spiro atoms. The fourth-order valence-corrected chi connectivity index (χ4v) is 1.96. The van der Waals surface area contributed by atoms with E-state index in [1.807, 2.05) is 31.2 Å². The largest absolute Gasteiger partial charge is 0.431 e. The highest BCUT2D eigenvalue weighted by Crippen LogP contribution is 2.29. The highest BCUT2D eigenvalue weighted by Gasteiger charge is 2.31. The molecule has 1 heterocycles. The first-order valence-electron chi connectivity index (χ1n) is 4.83. The number of thiol groups is 1. The number of hydrogen-bond acceptors (Lipinski definition) is 3. The number of benzene rings is 1. The van der Waals surface area contributed by atoms with Gasteiger partial charge in [0.25, 0.3) is 5.91 Å². The van der Waals surface area contributed by atoms with Gasteiger partial charge in [-0.3, -0.25) is 4.79 Å². The summed E-state index contributed by atoms with van der Waals surface area (Å²) in [4.78, 5) is 11.7. The Kier molecular flexibility index (Phi) is 2.96. The van der Waals surface area contributed by atoms with Crippen LogP contribution in [-0.4, -0.2) is 19.7 Å². The van der Waals surface area contributed by atoms with E-state index in [1.165, 1.54) is 0 Å². The Morgan fingerprint density at radius 1 is 1.44 bits per heavy atom. The Balaban J connectivity index is 2.58. The molecule has 2 radical (unpaired) electrons. The molecule has 0 saturated carbocycles. The minimum Gasteiger partial charge on any atom is -0.431 e. The molecule has 1 N–H and O–H groups in total. The third kappa shape index (κ3) is 1.71. The Morgan fingerprint density at radius 3 is 2.75 bits per heavy atom. The first kappa shape index (κ1) is 11.1. The molecule has 0 bridgehead atoms. The Hall–Kier alpha value is -1.36. The minimum absolute atomic E-state index is 0.231. The number of amides is 1. The smallest absolute Gasteiger partial charge is 0.255 e. The third-order valence-electron chi connectivity index (χ3n) is 2.56. The van der Waals surface area contributed by atoms with Crippen LogP contribution in [0.2, 0.25) is 0 Å². The average molecular weight is 231 g/mol.